The number of carbonyl (C=O) groups excluding carboxylic acids is 1. The van der Waals surface area contributed by atoms with Crippen LogP contribution in [0.1, 0.15) is 27.4 Å². The lowest BCUT2D eigenvalue weighted by Gasteiger charge is -2.10. The fraction of sp³-hybridized carbons (Fsp3) is 0.150. The van der Waals surface area contributed by atoms with Gasteiger partial charge in [-0.1, -0.05) is 58.1 Å². The van der Waals surface area contributed by atoms with E-state index in [0.717, 1.165) is 40.7 Å². The van der Waals surface area contributed by atoms with Crippen LogP contribution < -0.4 is 5.73 Å². The van der Waals surface area contributed by atoms with E-state index in [0.29, 0.717) is 21.8 Å². The second kappa shape index (κ2) is 8.71. The molecule has 0 radical (unpaired) electrons. The van der Waals surface area contributed by atoms with Crippen LogP contribution in [0.25, 0.3) is 22.0 Å². The van der Waals surface area contributed by atoms with Crippen LogP contribution in [0.5, 0.6) is 0 Å². The first kappa shape index (κ1) is 22.0. The standard InChI is InChI=1S/C20H14F3N5O2S2/c1-10-2-4-11(5-3-10)17-25-15(30-28-17)9-31-19-27-26-18(32-19)14-8-12(20(21,22)23)6-7-13(14)16(24)29/h2-8H,9H2,1H3,(H2,24,29). The summed E-state index contributed by atoms with van der Waals surface area (Å²) in [6.45, 7) is 1.98. The maximum atomic E-state index is 13.1. The van der Waals surface area contributed by atoms with Crippen molar-refractivity contribution in [1.82, 2.24) is 20.3 Å². The van der Waals surface area contributed by atoms with Crippen LogP contribution in [0, 0.1) is 6.92 Å². The number of amides is 1. The number of hydrogen-bond donors (Lipinski definition) is 1. The van der Waals surface area contributed by atoms with Gasteiger partial charge in [0.15, 0.2) is 4.34 Å². The molecule has 0 aliphatic carbocycles. The van der Waals surface area contributed by atoms with Gasteiger partial charge in [0.2, 0.25) is 17.6 Å². The Morgan fingerprint density at radius 2 is 1.91 bits per heavy atom. The molecular weight excluding hydrogens is 463 g/mol. The third-order valence-electron chi connectivity index (χ3n) is 4.35. The summed E-state index contributed by atoms with van der Waals surface area (Å²) in [4.78, 5) is 16.0. The second-order valence-electron chi connectivity index (χ2n) is 6.66. The summed E-state index contributed by atoms with van der Waals surface area (Å²) in [5.74, 6) is 0.249. The third kappa shape index (κ3) is 4.81. The first-order chi connectivity index (χ1) is 15.2. The molecular formula is C20H14F3N5O2S2. The average Bonchev–Trinajstić information content (AvgIpc) is 3.41. The Labute approximate surface area is 187 Å². The Morgan fingerprint density at radius 1 is 1.16 bits per heavy atom. The number of carbonyl (C=O) groups is 1. The van der Waals surface area contributed by atoms with Gasteiger partial charge in [0.25, 0.3) is 0 Å². The van der Waals surface area contributed by atoms with Gasteiger partial charge < -0.3 is 10.3 Å². The highest BCUT2D eigenvalue weighted by Crippen LogP contribution is 2.37. The number of halogens is 3. The zero-order valence-corrected chi connectivity index (χ0v) is 18.0. The van der Waals surface area contributed by atoms with Gasteiger partial charge in [-0.3, -0.25) is 4.79 Å². The molecule has 164 valence electrons. The lowest BCUT2D eigenvalue weighted by Crippen LogP contribution is -2.14. The maximum Gasteiger partial charge on any atom is 0.416 e. The third-order valence-corrected chi connectivity index (χ3v) is 6.42. The summed E-state index contributed by atoms with van der Waals surface area (Å²) in [6, 6.07) is 10.4. The van der Waals surface area contributed by atoms with E-state index in [-0.39, 0.29) is 16.1 Å². The Bertz CT molecular complexity index is 1270. The Balaban J connectivity index is 1.51. The molecule has 0 aliphatic heterocycles. The number of aryl methyl sites for hydroxylation is 1. The molecule has 7 nitrogen and oxygen atoms in total. The van der Waals surface area contributed by atoms with Gasteiger partial charge in [0, 0.05) is 16.7 Å². The number of rotatable bonds is 6. The van der Waals surface area contributed by atoms with E-state index in [1.165, 1.54) is 11.8 Å². The number of benzene rings is 2. The first-order valence-electron chi connectivity index (χ1n) is 9.08. The lowest BCUT2D eigenvalue weighted by atomic mass is 10.0. The van der Waals surface area contributed by atoms with Crippen LogP contribution in [0.15, 0.2) is 51.3 Å². The number of alkyl halides is 3. The van der Waals surface area contributed by atoms with E-state index in [1.807, 2.05) is 31.2 Å². The Hall–Kier alpha value is -3.25. The number of primary amides is 1. The molecule has 2 N–H and O–H groups in total. The smallest absolute Gasteiger partial charge is 0.366 e. The van der Waals surface area contributed by atoms with Gasteiger partial charge in [-0.15, -0.1) is 10.2 Å². The predicted molar refractivity (Wildman–Crippen MR) is 113 cm³/mol. The van der Waals surface area contributed by atoms with Crippen molar-refractivity contribution in [2.24, 2.45) is 5.73 Å². The van der Waals surface area contributed by atoms with Gasteiger partial charge in [0.1, 0.15) is 5.01 Å². The van der Waals surface area contributed by atoms with Crippen molar-refractivity contribution in [2.75, 3.05) is 0 Å². The molecule has 0 unspecified atom stereocenters. The van der Waals surface area contributed by atoms with Crippen molar-refractivity contribution in [3.63, 3.8) is 0 Å². The topological polar surface area (TPSA) is 108 Å². The minimum absolute atomic E-state index is 0.0175. The fourth-order valence-electron chi connectivity index (χ4n) is 2.75. The highest BCUT2D eigenvalue weighted by atomic mass is 32.2. The maximum absolute atomic E-state index is 13.1. The monoisotopic (exact) mass is 477 g/mol. The van der Waals surface area contributed by atoms with Gasteiger partial charge in [-0.05, 0) is 25.1 Å². The summed E-state index contributed by atoms with van der Waals surface area (Å²) < 4.78 is 45.0. The fourth-order valence-corrected chi connectivity index (χ4v) is 4.47. The molecule has 4 rings (SSSR count). The normalized spacial score (nSPS) is 11.6. The molecule has 0 spiro atoms. The first-order valence-corrected chi connectivity index (χ1v) is 10.9. The van der Waals surface area contributed by atoms with Gasteiger partial charge in [0.05, 0.1) is 11.3 Å². The van der Waals surface area contributed by atoms with Crippen molar-refractivity contribution in [3.8, 4) is 22.0 Å². The molecule has 2 aromatic heterocycles. The van der Waals surface area contributed by atoms with Crippen LogP contribution >= 0.6 is 23.1 Å². The second-order valence-corrected chi connectivity index (χ2v) is 8.86. The molecule has 0 bridgehead atoms. The van der Waals surface area contributed by atoms with E-state index < -0.39 is 17.6 Å². The molecule has 0 atom stereocenters. The lowest BCUT2D eigenvalue weighted by molar-refractivity contribution is -0.137. The van der Waals surface area contributed by atoms with Crippen LogP contribution in [0.4, 0.5) is 13.2 Å². The van der Waals surface area contributed by atoms with Crippen molar-refractivity contribution in [3.05, 3.63) is 65.0 Å². The number of aromatic nitrogens is 4. The molecule has 2 aromatic carbocycles. The number of hydrogen-bond acceptors (Lipinski definition) is 8. The van der Waals surface area contributed by atoms with Crippen molar-refractivity contribution < 1.29 is 22.5 Å². The van der Waals surface area contributed by atoms with E-state index in [9.17, 15) is 18.0 Å². The highest BCUT2D eigenvalue weighted by Gasteiger charge is 2.32. The van der Waals surface area contributed by atoms with Crippen LogP contribution in [-0.2, 0) is 11.9 Å². The molecule has 0 saturated carbocycles. The minimum atomic E-state index is -4.57. The molecule has 2 heterocycles. The van der Waals surface area contributed by atoms with Gasteiger partial charge in [-0.25, -0.2) is 0 Å². The van der Waals surface area contributed by atoms with Crippen molar-refractivity contribution in [2.45, 2.75) is 23.2 Å². The van der Waals surface area contributed by atoms with E-state index in [1.54, 1.807) is 0 Å². The summed E-state index contributed by atoms with van der Waals surface area (Å²) in [6.07, 6.45) is -4.57. The van der Waals surface area contributed by atoms with E-state index in [2.05, 4.69) is 20.3 Å². The molecule has 4 aromatic rings. The quantitative estimate of drug-likeness (QED) is 0.391. The minimum Gasteiger partial charge on any atom is -0.366 e. The number of nitrogens with zero attached hydrogens (tertiary/aromatic N) is 4. The summed E-state index contributed by atoms with van der Waals surface area (Å²) in [7, 11) is 0. The van der Waals surface area contributed by atoms with Crippen molar-refractivity contribution in [1.29, 1.82) is 0 Å². The van der Waals surface area contributed by atoms with Crippen LogP contribution in [-0.4, -0.2) is 26.2 Å². The average molecular weight is 477 g/mol. The molecule has 0 fully saturated rings. The SMILES string of the molecule is Cc1ccc(-c2noc(CSc3nnc(-c4cc(C(F)(F)F)ccc4C(N)=O)s3)n2)cc1. The van der Waals surface area contributed by atoms with E-state index >= 15 is 0 Å². The Morgan fingerprint density at radius 3 is 2.59 bits per heavy atom. The van der Waals surface area contributed by atoms with Crippen LogP contribution in [0.3, 0.4) is 0 Å². The summed E-state index contributed by atoms with van der Waals surface area (Å²) in [5, 5.41) is 12.0. The van der Waals surface area contributed by atoms with Gasteiger partial charge >= 0.3 is 6.18 Å². The number of thioether (sulfide) groups is 1. The van der Waals surface area contributed by atoms with Crippen LogP contribution in [0.2, 0.25) is 0 Å². The zero-order chi connectivity index (χ0) is 22.9. The number of nitrogens with two attached hydrogens (primary N) is 1. The predicted octanol–water partition coefficient (Wildman–Crippen LogP) is 4.97. The zero-order valence-electron chi connectivity index (χ0n) is 16.4. The summed E-state index contributed by atoms with van der Waals surface area (Å²) in [5.41, 5.74) is 6.25. The van der Waals surface area contributed by atoms with E-state index in [4.69, 9.17) is 10.3 Å². The van der Waals surface area contributed by atoms with Gasteiger partial charge in [-0.2, -0.15) is 18.2 Å². The Kier molecular flexibility index (Phi) is 5.98. The summed E-state index contributed by atoms with van der Waals surface area (Å²) >= 11 is 2.27. The largest absolute Gasteiger partial charge is 0.416 e. The highest BCUT2D eigenvalue weighted by molar-refractivity contribution is 8.00. The molecule has 0 saturated heterocycles. The molecule has 12 heteroatoms. The molecule has 32 heavy (non-hydrogen) atoms. The van der Waals surface area contributed by atoms with Crippen molar-refractivity contribution >= 4 is 29.0 Å². The molecule has 1 amide bonds. The molecule has 0 aliphatic rings.